The van der Waals surface area contributed by atoms with Crippen LogP contribution in [-0.4, -0.2) is 17.4 Å². The maximum Gasteiger partial charge on any atom is 0.191 e. The number of para-hydroxylation sites is 2. The number of Topliss-reactive ketones (excluding diaryl/α,β-unsaturated/α-hetero) is 1. The van der Waals surface area contributed by atoms with Crippen LogP contribution < -0.4 is 4.90 Å². The molecule has 1 aliphatic rings. The molecular weight excluding hydrogens is 260 g/mol. The predicted molar refractivity (Wildman–Crippen MR) is 84.8 cm³/mol. The zero-order chi connectivity index (χ0) is 14.6. The van der Waals surface area contributed by atoms with Crippen LogP contribution in [0.2, 0.25) is 0 Å². The molecule has 1 aromatic heterocycles. The number of carbonyl (C=O) groups excluding carboxylic acids is 1. The fraction of sp³-hybridized carbons (Fsp3) is 0.167. The van der Waals surface area contributed by atoms with Crippen LogP contribution in [0.15, 0.2) is 54.7 Å². The van der Waals surface area contributed by atoms with Crippen molar-refractivity contribution in [3.8, 4) is 0 Å². The summed E-state index contributed by atoms with van der Waals surface area (Å²) in [6.07, 6.45) is 2.08. The van der Waals surface area contributed by atoms with E-state index < -0.39 is 0 Å². The van der Waals surface area contributed by atoms with Gasteiger partial charge in [-0.05, 0) is 18.2 Å². The van der Waals surface area contributed by atoms with E-state index in [4.69, 9.17) is 0 Å². The Morgan fingerprint density at radius 3 is 2.48 bits per heavy atom. The lowest BCUT2D eigenvalue weighted by Crippen LogP contribution is -2.23. The summed E-state index contributed by atoms with van der Waals surface area (Å²) in [5, 5.41) is 1.15. The SMILES string of the molecule is CN1c2ccccc2C(=O)C1c1cn(C)c2ccccc12. The Balaban J connectivity index is 1.93. The van der Waals surface area contributed by atoms with Crippen LogP contribution in [0.5, 0.6) is 0 Å². The van der Waals surface area contributed by atoms with Gasteiger partial charge in [-0.25, -0.2) is 0 Å². The summed E-state index contributed by atoms with van der Waals surface area (Å²) in [7, 11) is 4.02. The van der Waals surface area contributed by atoms with Crippen molar-refractivity contribution in [1.82, 2.24) is 4.57 Å². The van der Waals surface area contributed by atoms with Gasteiger partial charge in [0, 0.05) is 48.0 Å². The third-order valence-corrected chi connectivity index (χ3v) is 4.41. The summed E-state index contributed by atoms with van der Waals surface area (Å²) in [6, 6.07) is 15.8. The predicted octanol–water partition coefficient (Wildman–Crippen LogP) is 3.55. The maximum absolute atomic E-state index is 12.8. The van der Waals surface area contributed by atoms with Crippen LogP contribution in [0, 0.1) is 0 Å². The normalized spacial score (nSPS) is 17.5. The molecule has 0 aliphatic carbocycles. The van der Waals surface area contributed by atoms with E-state index in [2.05, 4.69) is 27.8 Å². The zero-order valence-electron chi connectivity index (χ0n) is 12.1. The Kier molecular flexibility index (Phi) is 2.45. The van der Waals surface area contributed by atoms with Gasteiger partial charge in [0.15, 0.2) is 5.78 Å². The molecule has 0 saturated heterocycles. The highest BCUT2D eigenvalue weighted by Gasteiger charge is 2.37. The van der Waals surface area contributed by atoms with Gasteiger partial charge in [-0.1, -0.05) is 30.3 Å². The van der Waals surface area contributed by atoms with Crippen molar-refractivity contribution in [1.29, 1.82) is 0 Å². The molecule has 3 heteroatoms. The summed E-state index contributed by atoms with van der Waals surface area (Å²) in [5.41, 5.74) is 4.07. The van der Waals surface area contributed by atoms with E-state index in [1.807, 2.05) is 50.5 Å². The van der Waals surface area contributed by atoms with E-state index >= 15 is 0 Å². The highest BCUT2D eigenvalue weighted by Crippen LogP contribution is 2.41. The molecule has 2 heterocycles. The molecule has 1 aliphatic heterocycles. The van der Waals surface area contributed by atoms with Crippen molar-refractivity contribution in [2.24, 2.45) is 7.05 Å². The average molecular weight is 276 g/mol. The van der Waals surface area contributed by atoms with Crippen molar-refractivity contribution in [3.63, 3.8) is 0 Å². The van der Waals surface area contributed by atoms with Crippen molar-refractivity contribution in [2.45, 2.75) is 6.04 Å². The second-order valence-corrected chi connectivity index (χ2v) is 5.61. The van der Waals surface area contributed by atoms with Crippen molar-refractivity contribution in [3.05, 3.63) is 65.9 Å². The van der Waals surface area contributed by atoms with Crippen LogP contribution in [0.25, 0.3) is 10.9 Å². The average Bonchev–Trinajstić information content (AvgIpc) is 2.96. The number of aryl methyl sites for hydroxylation is 1. The van der Waals surface area contributed by atoms with E-state index in [-0.39, 0.29) is 11.8 Å². The fourth-order valence-electron chi connectivity index (χ4n) is 3.39. The number of ketones is 1. The lowest BCUT2D eigenvalue weighted by molar-refractivity contribution is 0.0973. The number of anilines is 1. The fourth-order valence-corrected chi connectivity index (χ4v) is 3.39. The Morgan fingerprint density at radius 2 is 1.67 bits per heavy atom. The minimum atomic E-state index is -0.228. The summed E-state index contributed by atoms with van der Waals surface area (Å²) in [6.45, 7) is 0. The highest BCUT2D eigenvalue weighted by molar-refractivity contribution is 6.12. The molecule has 4 rings (SSSR count). The zero-order valence-corrected chi connectivity index (χ0v) is 12.1. The van der Waals surface area contributed by atoms with Gasteiger partial charge in [-0.15, -0.1) is 0 Å². The first-order valence-corrected chi connectivity index (χ1v) is 7.08. The molecule has 0 radical (unpaired) electrons. The minimum Gasteiger partial charge on any atom is -0.360 e. The minimum absolute atomic E-state index is 0.185. The lowest BCUT2D eigenvalue weighted by atomic mass is 10.0. The van der Waals surface area contributed by atoms with E-state index in [0.717, 1.165) is 27.7 Å². The van der Waals surface area contributed by atoms with Crippen molar-refractivity contribution < 1.29 is 4.79 Å². The Bertz CT molecular complexity index is 863. The molecular formula is C18H16N2O. The molecule has 0 bridgehead atoms. The van der Waals surface area contributed by atoms with Gasteiger partial charge in [-0.2, -0.15) is 0 Å². The van der Waals surface area contributed by atoms with Crippen LogP contribution >= 0.6 is 0 Å². The van der Waals surface area contributed by atoms with Crippen molar-refractivity contribution in [2.75, 3.05) is 11.9 Å². The number of hydrogen-bond donors (Lipinski definition) is 0. The molecule has 2 aromatic carbocycles. The summed E-state index contributed by atoms with van der Waals surface area (Å²) in [5.74, 6) is 0.185. The third-order valence-electron chi connectivity index (χ3n) is 4.41. The van der Waals surface area contributed by atoms with Crippen LogP contribution in [-0.2, 0) is 7.05 Å². The number of likely N-dealkylation sites (N-methyl/N-ethyl adjacent to an activating group) is 1. The number of aromatic nitrogens is 1. The molecule has 21 heavy (non-hydrogen) atoms. The quantitative estimate of drug-likeness (QED) is 0.679. The summed E-state index contributed by atoms with van der Waals surface area (Å²) in [4.78, 5) is 14.9. The van der Waals surface area contributed by atoms with Gasteiger partial charge in [-0.3, -0.25) is 4.79 Å². The number of nitrogens with zero attached hydrogens (tertiary/aromatic N) is 2. The molecule has 1 unspecified atom stereocenters. The van der Waals surface area contributed by atoms with Crippen molar-refractivity contribution >= 4 is 22.4 Å². The molecule has 104 valence electrons. The van der Waals surface area contributed by atoms with Gasteiger partial charge in [0.05, 0.1) is 0 Å². The maximum atomic E-state index is 12.8. The number of fused-ring (bicyclic) bond motifs is 2. The number of hydrogen-bond acceptors (Lipinski definition) is 2. The molecule has 0 N–H and O–H groups in total. The largest absolute Gasteiger partial charge is 0.360 e. The molecule has 0 fully saturated rings. The van der Waals surface area contributed by atoms with Gasteiger partial charge in [0.25, 0.3) is 0 Å². The Morgan fingerprint density at radius 1 is 0.952 bits per heavy atom. The standard InChI is InChI=1S/C18H16N2O/c1-19-11-14(12-7-3-5-9-15(12)19)17-18(21)13-8-4-6-10-16(13)20(17)2/h3-11,17H,1-2H3. The lowest BCUT2D eigenvalue weighted by Gasteiger charge is -2.20. The highest BCUT2D eigenvalue weighted by atomic mass is 16.1. The Hall–Kier alpha value is -2.55. The van der Waals surface area contributed by atoms with Gasteiger partial charge >= 0.3 is 0 Å². The van der Waals surface area contributed by atoms with E-state index in [1.165, 1.54) is 0 Å². The summed E-state index contributed by atoms with van der Waals surface area (Å²) < 4.78 is 2.09. The second-order valence-electron chi connectivity index (χ2n) is 5.61. The number of rotatable bonds is 1. The molecule has 0 spiro atoms. The number of carbonyl (C=O) groups is 1. The summed E-state index contributed by atoms with van der Waals surface area (Å²) >= 11 is 0. The van der Waals surface area contributed by atoms with Gasteiger partial charge in [0.2, 0.25) is 0 Å². The molecule has 1 atom stereocenters. The van der Waals surface area contributed by atoms with E-state index in [9.17, 15) is 4.79 Å². The monoisotopic (exact) mass is 276 g/mol. The van der Waals surface area contributed by atoms with Crippen LogP contribution in [0.4, 0.5) is 5.69 Å². The van der Waals surface area contributed by atoms with Gasteiger partial charge < -0.3 is 9.47 Å². The Labute approximate surface area is 123 Å². The third kappa shape index (κ3) is 1.57. The van der Waals surface area contributed by atoms with Gasteiger partial charge in [0.1, 0.15) is 6.04 Å². The topological polar surface area (TPSA) is 25.2 Å². The number of benzene rings is 2. The molecule has 0 amide bonds. The van der Waals surface area contributed by atoms with E-state index in [1.54, 1.807) is 0 Å². The van der Waals surface area contributed by atoms with Crippen LogP contribution in [0.3, 0.4) is 0 Å². The molecule has 3 aromatic rings. The second kappa shape index (κ2) is 4.22. The smallest absolute Gasteiger partial charge is 0.191 e. The first-order chi connectivity index (χ1) is 10.2. The van der Waals surface area contributed by atoms with E-state index in [0.29, 0.717) is 0 Å². The molecule has 3 nitrogen and oxygen atoms in total. The first kappa shape index (κ1) is 12.2. The first-order valence-electron chi connectivity index (χ1n) is 7.08. The van der Waals surface area contributed by atoms with Crippen LogP contribution in [0.1, 0.15) is 22.0 Å². The molecule has 0 saturated carbocycles.